The minimum absolute atomic E-state index is 0.0380. The zero-order valence-corrected chi connectivity index (χ0v) is 18.8. The number of amides is 1. The van der Waals surface area contributed by atoms with E-state index in [0.717, 1.165) is 18.4 Å². The van der Waals surface area contributed by atoms with Gasteiger partial charge in [-0.15, -0.1) is 0 Å². The Morgan fingerprint density at radius 1 is 1.17 bits per heavy atom. The summed E-state index contributed by atoms with van der Waals surface area (Å²) < 4.78 is 33.0. The number of halogens is 1. The van der Waals surface area contributed by atoms with Crippen molar-refractivity contribution in [2.75, 3.05) is 26.7 Å². The van der Waals surface area contributed by atoms with E-state index in [2.05, 4.69) is 4.72 Å². The van der Waals surface area contributed by atoms with Gasteiger partial charge >= 0.3 is 0 Å². The predicted molar refractivity (Wildman–Crippen MR) is 118 cm³/mol. The van der Waals surface area contributed by atoms with Gasteiger partial charge in [-0.05, 0) is 62.4 Å². The van der Waals surface area contributed by atoms with Crippen LogP contribution < -0.4 is 9.46 Å². The van der Waals surface area contributed by atoms with Gasteiger partial charge in [0, 0.05) is 30.2 Å². The molecular weight excluding hydrogens is 424 g/mol. The number of hydrogen-bond acceptors (Lipinski definition) is 4. The fraction of sp³-hybridized carbons (Fsp3) is 0.409. The Morgan fingerprint density at radius 3 is 2.47 bits per heavy atom. The maximum Gasteiger partial charge on any atom is 0.253 e. The number of methoxy groups -OCH3 is 1. The summed E-state index contributed by atoms with van der Waals surface area (Å²) in [5, 5.41) is 0.335. The second-order valence-corrected chi connectivity index (χ2v) is 9.76. The van der Waals surface area contributed by atoms with E-state index in [0.29, 0.717) is 42.6 Å². The molecule has 162 valence electrons. The lowest BCUT2D eigenvalue weighted by atomic mass is 9.93. The van der Waals surface area contributed by atoms with E-state index in [1.807, 2.05) is 36.1 Å². The lowest BCUT2D eigenvalue weighted by molar-refractivity contribution is 0.0687. The number of carbonyl (C=O) groups excluding carboxylic acids is 1. The van der Waals surface area contributed by atoms with Gasteiger partial charge in [0.05, 0.1) is 7.11 Å². The largest absolute Gasteiger partial charge is 0.495 e. The summed E-state index contributed by atoms with van der Waals surface area (Å²) in [5.41, 5.74) is 1.84. The molecule has 0 bridgehead atoms. The van der Waals surface area contributed by atoms with Gasteiger partial charge in [0.15, 0.2) is 0 Å². The lowest BCUT2D eigenvalue weighted by Gasteiger charge is -2.32. The van der Waals surface area contributed by atoms with Gasteiger partial charge in [-0.25, -0.2) is 13.1 Å². The van der Waals surface area contributed by atoms with Crippen molar-refractivity contribution < 1.29 is 17.9 Å². The molecule has 8 heteroatoms. The van der Waals surface area contributed by atoms with Crippen molar-refractivity contribution in [1.29, 1.82) is 0 Å². The summed E-state index contributed by atoms with van der Waals surface area (Å²) in [7, 11) is -2.29. The van der Waals surface area contributed by atoms with E-state index in [1.54, 1.807) is 6.07 Å². The molecule has 0 aliphatic carbocycles. The number of piperidine rings is 1. The highest BCUT2D eigenvalue weighted by atomic mass is 35.5. The molecule has 0 aromatic heterocycles. The Bertz CT molecular complexity index is 985. The zero-order chi connectivity index (χ0) is 21.7. The van der Waals surface area contributed by atoms with Crippen LogP contribution in [0.4, 0.5) is 0 Å². The highest BCUT2D eigenvalue weighted by Gasteiger charge is 2.25. The lowest BCUT2D eigenvalue weighted by Crippen LogP contribution is -2.39. The number of hydrogen-bond donors (Lipinski definition) is 1. The monoisotopic (exact) mass is 450 g/mol. The molecule has 2 aromatic carbocycles. The molecule has 1 amide bonds. The number of likely N-dealkylation sites (tertiary alicyclic amines) is 1. The third kappa shape index (κ3) is 5.53. The predicted octanol–water partition coefficient (Wildman–Crippen LogP) is 3.88. The van der Waals surface area contributed by atoms with Crippen LogP contribution in [0.3, 0.4) is 0 Å². The van der Waals surface area contributed by atoms with Crippen molar-refractivity contribution in [2.24, 2.45) is 5.92 Å². The van der Waals surface area contributed by atoms with Crippen LogP contribution in [0.15, 0.2) is 47.4 Å². The molecular formula is C22H27ClN2O4S. The topological polar surface area (TPSA) is 75.7 Å². The van der Waals surface area contributed by atoms with E-state index < -0.39 is 10.0 Å². The van der Waals surface area contributed by atoms with Gasteiger partial charge in [-0.1, -0.05) is 29.3 Å². The van der Waals surface area contributed by atoms with E-state index >= 15 is 0 Å². The van der Waals surface area contributed by atoms with Crippen molar-refractivity contribution in [3.63, 3.8) is 0 Å². The third-order valence-electron chi connectivity index (χ3n) is 5.46. The first-order valence-electron chi connectivity index (χ1n) is 9.99. The molecule has 0 atom stereocenters. The Morgan fingerprint density at radius 2 is 1.83 bits per heavy atom. The van der Waals surface area contributed by atoms with E-state index in [-0.39, 0.29) is 16.6 Å². The third-order valence-corrected chi connectivity index (χ3v) is 7.18. The number of benzene rings is 2. The molecule has 6 nitrogen and oxygen atoms in total. The van der Waals surface area contributed by atoms with Crippen molar-refractivity contribution in [2.45, 2.75) is 31.1 Å². The first kappa shape index (κ1) is 22.6. The maximum absolute atomic E-state index is 12.6. The van der Waals surface area contributed by atoms with Crippen LogP contribution in [-0.4, -0.2) is 46.0 Å². The molecule has 0 spiro atoms. The molecule has 1 fully saturated rings. The van der Waals surface area contributed by atoms with Crippen LogP contribution in [0, 0.1) is 12.8 Å². The van der Waals surface area contributed by atoms with Crippen LogP contribution in [0.25, 0.3) is 0 Å². The summed E-state index contributed by atoms with van der Waals surface area (Å²) in [6, 6.07) is 12.1. The molecule has 1 heterocycles. The zero-order valence-electron chi connectivity index (χ0n) is 17.2. The number of sulfonamides is 1. The molecule has 1 N–H and O–H groups in total. The normalized spacial score (nSPS) is 15.2. The first-order chi connectivity index (χ1) is 14.3. The Labute approximate surface area is 183 Å². The molecule has 1 aliphatic rings. The van der Waals surface area contributed by atoms with Crippen molar-refractivity contribution in [1.82, 2.24) is 9.62 Å². The Kier molecular flexibility index (Phi) is 7.39. The molecule has 0 saturated carbocycles. The number of nitrogens with zero attached hydrogens (tertiary/aromatic N) is 1. The van der Waals surface area contributed by atoms with Gasteiger partial charge in [0.25, 0.3) is 5.91 Å². The highest BCUT2D eigenvalue weighted by molar-refractivity contribution is 7.89. The standard InChI is InChI=1S/C22H27ClN2O4S/c1-16-3-5-18(6-4-16)22(26)25-13-10-17(11-14-25)9-12-24-30(27,28)21-15-19(23)7-8-20(21)29-2/h3-8,15,17,24H,9-14H2,1-2H3. The Hall–Kier alpha value is -2.09. The second-order valence-electron chi connectivity index (χ2n) is 7.58. The van der Waals surface area contributed by atoms with E-state index in [1.165, 1.54) is 19.2 Å². The molecule has 1 aliphatic heterocycles. The average Bonchev–Trinajstić information content (AvgIpc) is 2.74. The minimum Gasteiger partial charge on any atom is -0.495 e. The summed E-state index contributed by atoms with van der Waals surface area (Å²) in [5.74, 6) is 0.688. The molecule has 30 heavy (non-hydrogen) atoms. The van der Waals surface area contributed by atoms with Crippen LogP contribution in [0.2, 0.25) is 5.02 Å². The number of rotatable bonds is 7. The fourth-order valence-corrected chi connectivity index (χ4v) is 5.12. The smallest absolute Gasteiger partial charge is 0.253 e. The first-order valence-corrected chi connectivity index (χ1v) is 11.9. The summed E-state index contributed by atoms with van der Waals surface area (Å²) in [4.78, 5) is 14.5. The number of ether oxygens (including phenoxy) is 1. The van der Waals surface area contributed by atoms with E-state index in [9.17, 15) is 13.2 Å². The molecule has 1 saturated heterocycles. The minimum atomic E-state index is -3.71. The van der Waals surface area contributed by atoms with Crippen LogP contribution in [0.1, 0.15) is 35.2 Å². The second kappa shape index (κ2) is 9.81. The van der Waals surface area contributed by atoms with Crippen molar-refractivity contribution >= 4 is 27.5 Å². The van der Waals surface area contributed by atoms with Crippen LogP contribution >= 0.6 is 11.6 Å². The fourth-order valence-electron chi connectivity index (χ4n) is 3.64. The van der Waals surface area contributed by atoms with Gasteiger partial charge in [-0.2, -0.15) is 0 Å². The molecule has 2 aromatic rings. The van der Waals surface area contributed by atoms with Crippen molar-refractivity contribution in [3.8, 4) is 5.75 Å². The average molecular weight is 451 g/mol. The summed E-state index contributed by atoms with van der Waals surface area (Å²) in [6.07, 6.45) is 2.44. The van der Waals surface area contributed by atoms with Gasteiger partial charge in [0.1, 0.15) is 10.6 Å². The highest BCUT2D eigenvalue weighted by Crippen LogP contribution is 2.27. The van der Waals surface area contributed by atoms with E-state index in [4.69, 9.17) is 16.3 Å². The van der Waals surface area contributed by atoms with Gasteiger partial charge < -0.3 is 9.64 Å². The number of carbonyl (C=O) groups is 1. The quantitative estimate of drug-likeness (QED) is 0.694. The number of nitrogens with one attached hydrogen (secondary N) is 1. The van der Waals surface area contributed by atoms with Crippen LogP contribution in [-0.2, 0) is 10.0 Å². The summed E-state index contributed by atoms with van der Waals surface area (Å²) >= 11 is 5.95. The van der Waals surface area contributed by atoms with Crippen molar-refractivity contribution in [3.05, 3.63) is 58.6 Å². The molecule has 0 unspecified atom stereocenters. The maximum atomic E-state index is 12.6. The van der Waals surface area contributed by atoms with Crippen LogP contribution in [0.5, 0.6) is 5.75 Å². The number of aryl methyl sites for hydroxylation is 1. The molecule has 3 rings (SSSR count). The Balaban J connectivity index is 1.49. The SMILES string of the molecule is COc1ccc(Cl)cc1S(=O)(=O)NCCC1CCN(C(=O)c2ccc(C)cc2)CC1. The summed E-state index contributed by atoms with van der Waals surface area (Å²) in [6.45, 7) is 3.70. The molecule has 0 radical (unpaired) electrons. The van der Waals surface area contributed by atoms with Gasteiger partial charge in [-0.3, -0.25) is 4.79 Å². The van der Waals surface area contributed by atoms with Gasteiger partial charge in [0.2, 0.25) is 10.0 Å².